The molecule has 0 aliphatic heterocycles. The molecule has 0 unspecified atom stereocenters. The first-order valence-electron chi connectivity index (χ1n) is 11.6. The van der Waals surface area contributed by atoms with Crippen molar-refractivity contribution in [1.82, 2.24) is 10.6 Å². The first-order chi connectivity index (χ1) is 13.3. The second kappa shape index (κ2) is 23.2. The van der Waals surface area contributed by atoms with Crippen LogP contribution in [0.1, 0.15) is 103 Å². The van der Waals surface area contributed by atoms with Gasteiger partial charge in [-0.15, -0.1) is 0 Å². The molecule has 0 radical (unpaired) electrons. The van der Waals surface area contributed by atoms with Crippen LogP contribution in [0, 0.1) is 0 Å². The van der Waals surface area contributed by atoms with Crippen LogP contribution in [0.15, 0.2) is 12.2 Å². The van der Waals surface area contributed by atoms with Crippen LogP contribution >= 0.6 is 0 Å². The number of rotatable bonds is 21. The standard InChI is InChI=1S/C23H47N3O/c1-2-3-4-5-6-7-8-9-10-11-12-13-14-15-16-17-18-23(27)26-22-21-25-20-19-24/h10-11,25H,2-9,12-22,24H2,1H3,(H,26,27)/b11-10-. The highest BCUT2D eigenvalue weighted by molar-refractivity contribution is 5.75. The summed E-state index contributed by atoms with van der Waals surface area (Å²) in [5, 5.41) is 6.11. The van der Waals surface area contributed by atoms with Crippen molar-refractivity contribution >= 4 is 5.91 Å². The predicted molar refractivity (Wildman–Crippen MR) is 119 cm³/mol. The maximum atomic E-state index is 11.7. The van der Waals surface area contributed by atoms with Crippen molar-refractivity contribution < 1.29 is 4.79 Å². The zero-order valence-corrected chi connectivity index (χ0v) is 18.1. The van der Waals surface area contributed by atoms with Crippen LogP contribution in [-0.4, -0.2) is 32.1 Å². The molecule has 27 heavy (non-hydrogen) atoms. The number of hydrogen-bond acceptors (Lipinski definition) is 3. The maximum absolute atomic E-state index is 11.7. The van der Waals surface area contributed by atoms with Crippen molar-refractivity contribution in [3.63, 3.8) is 0 Å². The van der Waals surface area contributed by atoms with Crippen molar-refractivity contribution in [2.45, 2.75) is 103 Å². The molecule has 4 N–H and O–H groups in total. The minimum atomic E-state index is 0.179. The van der Waals surface area contributed by atoms with Gasteiger partial charge in [-0.3, -0.25) is 4.79 Å². The number of amides is 1. The van der Waals surface area contributed by atoms with Gasteiger partial charge < -0.3 is 16.4 Å². The lowest BCUT2D eigenvalue weighted by atomic mass is 10.1. The van der Waals surface area contributed by atoms with E-state index in [0.29, 0.717) is 19.5 Å². The van der Waals surface area contributed by atoms with Crippen LogP contribution in [0.2, 0.25) is 0 Å². The minimum Gasteiger partial charge on any atom is -0.355 e. The van der Waals surface area contributed by atoms with E-state index >= 15 is 0 Å². The molecule has 0 saturated heterocycles. The van der Waals surface area contributed by atoms with Gasteiger partial charge >= 0.3 is 0 Å². The molecule has 0 saturated carbocycles. The van der Waals surface area contributed by atoms with Crippen LogP contribution in [0.4, 0.5) is 0 Å². The van der Waals surface area contributed by atoms with Crippen molar-refractivity contribution in [2.24, 2.45) is 5.73 Å². The molecule has 0 aliphatic carbocycles. The number of hydrogen-bond donors (Lipinski definition) is 3. The van der Waals surface area contributed by atoms with E-state index in [9.17, 15) is 4.79 Å². The fraction of sp³-hybridized carbons (Fsp3) is 0.870. The summed E-state index contributed by atoms with van der Waals surface area (Å²) in [6, 6.07) is 0. The van der Waals surface area contributed by atoms with E-state index in [1.54, 1.807) is 0 Å². The molecule has 0 fully saturated rings. The van der Waals surface area contributed by atoms with Crippen LogP contribution in [0.5, 0.6) is 0 Å². The monoisotopic (exact) mass is 381 g/mol. The van der Waals surface area contributed by atoms with Gasteiger partial charge in [0.05, 0.1) is 0 Å². The van der Waals surface area contributed by atoms with Crippen molar-refractivity contribution in [3.8, 4) is 0 Å². The van der Waals surface area contributed by atoms with E-state index in [2.05, 4.69) is 29.7 Å². The van der Waals surface area contributed by atoms with E-state index in [1.807, 2.05) is 0 Å². The molecule has 4 heteroatoms. The number of allylic oxidation sites excluding steroid dienone is 2. The Morgan fingerprint density at radius 3 is 1.89 bits per heavy atom. The third-order valence-corrected chi connectivity index (χ3v) is 4.86. The first kappa shape index (κ1) is 26.1. The molecule has 0 rings (SSSR count). The lowest BCUT2D eigenvalue weighted by Gasteiger charge is -2.06. The summed E-state index contributed by atoms with van der Waals surface area (Å²) in [6.07, 6.45) is 23.6. The quantitative estimate of drug-likeness (QED) is 0.192. The number of unbranched alkanes of at least 4 members (excludes halogenated alkanes) is 12. The number of nitrogens with two attached hydrogens (primary N) is 1. The summed E-state index contributed by atoms with van der Waals surface area (Å²) in [5.74, 6) is 0.179. The minimum absolute atomic E-state index is 0.179. The molecular weight excluding hydrogens is 334 g/mol. The Bertz CT molecular complexity index is 332. The predicted octanol–water partition coefficient (Wildman–Crippen LogP) is 5.08. The van der Waals surface area contributed by atoms with Gasteiger partial charge in [-0.2, -0.15) is 0 Å². The van der Waals surface area contributed by atoms with E-state index in [-0.39, 0.29) is 5.91 Å². The highest BCUT2D eigenvalue weighted by atomic mass is 16.1. The average Bonchev–Trinajstić information content (AvgIpc) is 2.67. The Morgan fingerprint density at radius 2 is 1.30 bits per heavy atom. The molecule has 160 valence electrons. The molecule has 1 amide bonds. The molecule has 0 aromatic carbocycles. The van der Waals surface area contributed by atoms with E-state index in [4.69, 9.17) is 5.73 Å². The van der Waals surface area contributed by atoms with Gasteiger partial charge in [0, 0.05) is 32.6 Å². The van der Waals surface area contributed by atoms with E-state index < -0.39 is 0 Å². The van der Waals surface area contributed by atoms with Crippen molar-refractivity contribution in [2.75, 3.05) is 26.2 Å². The summed E-state index contributed by atoms with van der Waals surface area (Å²) in [6.45, 7) is 5.22. The Morgan fingerprint density at radius 1 is 0.741 bits per heavy atom. The molecular formula is C23H47N3O. The molecule has 0 aromatic rings. The van der Waals surface area contributed by atoms with Crippen molar-refractivity contribution in [1.29, 1.82) is 0 Å². The Kier molecular flexibility index (Phi) is 22.4. The maximum Gasteiger partial charge on any atom is 0.220 e. The first-order valence-corrected chi connectivity index (χ1v) is 11.6. The number of nitrogens with one attached hydrogen (secondary N) is 2. The zero-order chi connectivity index (χ0) is 19.8. The molecule has 0 spiro atoms. The highest BCUT2D eigenvalue weighted by Gasteiger charge is 1.99. The topological polar surface area (TPSA) is 67.2 Å². The fourth-order valence-electron chi connectivity index (χ4n) is 3.14. The van der Waals surface area contributed by atoms with Gasteiger partial charge in [-0.1, -0.05) is 76.9 Å². The molecule has 0 aromatic heterocycles. The Balaban J connectivity index is 3.18. The normalized spacial score (nSPS) is 11.3. The second-order valence-electron chi connectivity index (χ2n) is 7.58. The third-order valence-electron chi connectivity index (χ3n) is 4.86. The van der Waals surface area contributed by atoms with Crippen molar-refractivity contribution in [3.05, 3.63) is 12.2 Å². The summed E-state index contributed by atoms with van der Waals surface area (Å²) in [4.78, 5) is 11.7. The molecule has 0 bridgehead atoms. The molecule has 4 nitrogen and oxygen atoms in total. The van der Waals surface area contributed by atoms with Crippen LogP contribution in [0.25, 0.3) is 0 Å². The summed E-state index contributed by atoms with van der Waals surface area (Å²) < 4.78 is 0. The largest absolute Gasteiger partial charge is 0.355 e. The van der Waals surface area contributed by atoms with Crippen LogP contribution in [0.3, 0.4) is 0 Å². The number of carbonyl (C=O) groups excluding carboxylic acids is 1. The summed E-state index contributed by atoms with van der Waals surface area (Å²) in [7, 11) is 0. The second-order valence-corrected chi connectivity index (χ2v) is 7.58. The van der Waals surface area contributed by atoms with E-state index in [1.165, 1.54) is 83.5 Å². The van der Waals surface area contributed by atoms with Gasteiger partial charge in [0.2, 0.25) is 5.91 Å². The smallest absolute Gasteiger partial charge is 0.220 e. The summed E-state index contributed by atoms with van der Waals surface area (Å²) in [5.41, 5.74) is 5.39. The van der Waals surface area contributed by atoms with Gasteiger partial charge in [-0.05, 0) is 32.1 Å². The SMILES string of the molecule is CCCCCCCCC/C=C\CCCCCCCC(=O)NCCNCCN. The Hall–Kier alpha value is -0.870. The van der Waals surface area contributed by atoms with Gasteiger partial charge in [0.25, 0.3) is 0 Å². The molecule has 0 aliphatic rings. The van der Waals surface area contributed by atoms with E-state index in [0.717, 1.165) is 19.5 Å². The Labute approximate surface area is 169 Å². The third kappa shape index (κ3) is 23.1. The molecule has 0 heterocycles. The summed E-state index contributed by atoms with van der Waals surface area (Å²) >= 11 is 0. The molecule has 0 atom stereocenters. The lowest BCUT2D eigenvalue weighted by Crippen LogP contribution is -2.33. The highest BCUT2D eigenvalue weighted by Crippen LogP contribution is 2.10. The van der Waals surface area contributed by atoms with Crippen LogP contribution < -0.4 is 16.4 Å². The average molecular weight is 382 g/mol. The zero-order valence-electron chi connectivity index (χ0n) is 18.1. The number of carbonyl (C=O) groups is 1. The fourth-order valence-corrected chi connectivity index (χ4v) is 3.14. The van der Waals surface area contributed by atoms with Gasteiger partial charge in [0.15, 0.2) is 0 Å². The van der Waals surface area contributed by atoms with Gasteiger partial charge in [0.1, 0.15) is 0 Å². The van der Waals surface area contributed by atoms with Gasteiger partial charge in [-0.25, -0.2) is 0 Å². The lowest BCUT2D eigenvalue weighted by molar-refractivity contribution is -0.121. The van der Waals surface area contributed by atoms with Crippen LogP contribution in [-0.2, 0) is 4.79 Å².